The van der Waals surface area contributed by atoms with Gasteiger partial charge in [-0.25, -0.2) is 0 Å². The molecule has 0 aliphatic carbocycles. The van der Waals surface area contributed by atoms with Crippen molar-refractivity contribution < 1.29 is 31.1 Å². The molecule has 0 spiro atoms. The number of hydrogen-bond acceptors (Lipinski definition) is 5. The number of nitrogens with one attached hydrogen (secondary N) is 2. The fourth-order valence-electron chi connectivity index (χ4n) is 7.13. The van der Waals surface area contributed by atoms with E-state index in [0.717, 1.165) is 55.7 Å². The van der Waals surface area contributed by atoms with E-state index in [9.17, 15) is 31.1 Å². The summed E-state index contributed by atoms with van der Waals surface area (Å²) in [5.41, 5.74) is -1.45. The van der Waals surface area contributed by atoms with Crippen molar-refractivity contribution in [3.05, 3.63) is 69.8 Å². The van der Waals surface area contributed by atoms with E-state index < -0.39 is 46.7 Å². The van der Waals surface area contributed by atoms with Gasteiger partial charge in [0.1, 0.15) is 0 Å². The minimum atomic E-state index is -5.03. The summed E-state index contributed by atoms with van der Waals surface area (Å²) in [5, 5.41) is 16.6. The molecule has 2 aromatic rings. The van der Waals surface area contributed by atoms with E-state index >= 15 is 0 Å². The summed E-state index contributed by atoms with van der Waals surface area (Å²) >= 11 is 0. The first-order valence-electron chi connectivity index (χ1n) is 16.5. The lowest BCUT2D eigenvalue weighted by atomic mass is 9.69. The molecule has 2 aromatic carbocycles. The monoisotopic (exact) mass is 664 g/mol. The first-order chi connectivity index (χ1) is 22.1. The number of halogens is 6. The topological polar surface area (TPSA) is 71.2 Å². The number of aryl methyl sites for hydroxylation is 2. The number of piperidine rings is 2. The van der Waals surface area contributed by atoms with E-state index in [4.69, 9.17) is 10.8 Å². The zero-order valence-electron chi connectivity index (χ0n) is 27.3. The van der Waals surface area contributed by atoms with E-state index in [-0.39, 0.29) is 18.2 Å². The molecule has 0 aromatic heterocycles. The number of Topliss-reactive ketones (excluding diaryl/α,β-unsaturated/α-hetero) is 1. The van der Waals surface area contributed by atoms with Gasteiger partial charge in [-0.3, -0.25) is 4.79 Å². The van der Waals surface area contributed by atoms with Gasteiger partial charge in [-0.15, -0.1) is 0 Å². The van der Waals surface area contributed by atoms with E-state index in [1.165, 1.54) is 25.5 Å². The summed E-state index contributed by atoms with van der Waals surface area (Å²) in [7, 11) is 0. The Bertz CT molecular complexity index is 1370. The van der Waals surface area contributed by atoms with Crippen LogP contribution < -0.4 is 0 Å². The zero-order valence-corrected chi connectivity index (χ0v) is 27.3. The largest absolute Gasteiger partial charge is 0.416 e. The van der Waals surface area contributed by atoms with E-state index in [1.807, 2.05) is 32.0 Å². The molecule has 258 valence electrons. The maximum Gasteiger partial charge on any atom is 0.416 e. The second-order valence-electron chi connectivity index (χ2n) is 13.4. The molecule has 0 bridgehead atoms. The third-order valence-corrected chi connectivity index (χ3v) is 10.1. The minimum Gasteiger partial charge on any atom is -0.313 e. The number of carbonyl (C=O) groups excluding carboxylic acids is 1. The number of benzene rings is 2. The molecule has 2 fully saturated rings. The molecule has 2 heterocycles. The number of nitrogens with zero attached hydrogens (tertiary/aromatic N) is 2. The number of likely N-dealkylation sites (tertiary alicyclic amines) is 2. The summed E-state index contributed by atoms with van der Waals surface area (Å²) in [6.45, 7) is 8.84. The summed E-state index contributed by atoms with van der Waals surface area (Å²) < 4.78 is 80.7. The highest BCUT2D eigenvalue weighted by Gasteiger charge is 2.39. The van der Waals surface area contributed by atoms with Crippen LogP contribution in [0.15, 0.2) is 36.4 Å². The number of rotatable bonds is 13. The molecule has 2 aliphatic rings. The lowest BCUT2D eigenvalue weighted by molar-refractivity contribution is -0.143. The van der Waals surface area contributed by atoms with Crippen LogP contribution in [0.4, 0.5) is 26.3 Å². The Balaban J connectivity index is 1.56. The second-order valence-corrected chi connectivity index (χ2v) is 13.4. The molecular formula is C36H46F6N4O. The molecule has 2 N–H and O–H groups in total. The first kappa shape index (κ1) is 36.8. The van der Waals surface area contributed by atoms with Crippen molar-refractivity contribution in [2.75, 3.05) is 32.7 Å². The van der Waals surface area contributed by atoms with Crippen molar-refractivity contribution in [1.82, 2.24) is 9.80 Å². The number of hydrogen-bond donors (Lipinski definition) is 2. The van der Waals surface area contributed by atoms with Crippen molar-refractivity contribution in [1.29, 1.82) is 10.8 Å². The van der Waals surface area contributed by atoms with Gasteiger partial charge in [0.25, 0.3) is 0 Å². The van der Waals surface area contributed by atoms with E-state index in [0.29, 0.717) is 44.0 Å². The molecular weight excluding hydrogens is 618 g/mol. The normalized spacial score (nSPS) is 18.6. The van der Waals surface area contributed by atoms with Crippen LogP contribution in [-0.4, -0.2) is 66.3 Å². The predicted molar refractivity (Wildman–Crippen MR) is 173 cm³/mol. The molecule has 2 aliphatic heterocycles. The van der Waals surface area contributed by atoms with Crippen molar-refractivity contribution in [3.8, 4) is 0 Å². The maximum atomic E-state index is 13.5. The second kappa shape index (κ2) is 15.4. The summed E-state index contributed by atoms with van der Waals surface area (Å²) in [4.78, 5) is 18.4. The number of ketones is 1. The fourth-order valence-corrected chi connectivity index (χ4v) is 7.13. The average molecular weight is 665 g/mol. The average Bonchev–Trinajstić information content (AvgIpc) is 3.03. The van der Waals surface area contributed by atoms with Gasteiger partial charge in [0.15, 0.2) is 5.78 Å². The third-order valence-electron chi connectivity index (χ3n) is 10.1. The molecule has 0 unspecified atom stereocenters. The zero-order chi connectivity index (χ0) is 34.4. The van der Waals surface area contributed by atoms with Crippen LogP contribution in [0.1, 0.15) is 91.2 Å². The smallest absolute Gasteiger partial charge is 0.313 e. The quantitative estimate of drug-likeness (QED) is 0.167. The Morgan fingerprint density at radius 3 is 2.00 bits per heavy atom. The highest BCUT2D eigenvalue weighted by molar-refractivity contribution is 6.39. The molecule has 47 heavy (non-hydrogen) atoms. The lowest BCUT2D eigenvalue weighted by Gasteiger charge is -2.42. The highest BCUT2D eigenvalue weighted by atomic mass is 19.4. The first-order valence-corrected chi connectivity index (χ1v) is 16.5. The maximum absolute atomic E-state index is 13.5. The van der Waals surface area contributed by atoms with Gasteiger partial charge in [-0.1, -0.05) is 24.6 Å². The Hall–Kier alpha value is -3.05. The van der Waals surface area contributed by atoms with Gasteiger partial charge in [-0.2, -0.15) is 26.3 Å². The number of carbonyl (C=O) groups is 1. The molecule has 11 heteroatoms. The summed E-state index contributed by atoms with van der Waals surface area (Å²) in [5.74, 6) is -0.817. The minimum absolute atomic E-state index is 0.0303. The highest BCUT2D eigenvalue weighted by Crippen LogP contribution is 2.40. The van der Waals surface area contributed by atoms with Gasteiger partial charge >= 0.3 is 12.4 Å². The molecule has 5 nitrogen and oxygen atoms in total. The molecule has 0 saturated carbocycles. The van der Waals surface area contributed by atoms with Gasteiger partial charge in [0, 0.05) is 24.3 Å². The molecule has 0 radical (unpaired) electrons. The number of alkyl halides is 6. The van der Waals surface area contributed by atoms with Crippen molar-refractivity contribution in [3.63, 3.8) is 0 Å². The van der Waals surface area contributed by atoms with Crippen LogP contribution in [0.25, 0.3) is 0 Å². The van der Waals surface area contributed by atoms with E-state index in [1.54, 1.807) is 0 Å². The van der Waals surface area contributed by atoms with Crippen molar-refractivity contribution in [2.45, 2.75) is 102 Å². The lowest BCUT2D eigenvalue weighted by Crippen LogP contribution is -2.47. The van der Waals surface area contributed by atoms with Crippen LogP contribution in [0.3, 0.4) is 0 Å². The fraction of sp³-hybridized carbons (Fsp3) is 0.583. The van der Waals surface area contributed by atoms with Crippen LogP contribution >= 0.6 is 0 Å². The Morgan fingerprint density at radius 1 is 0.830 bits per heavy atom. The Labute approximate surface area is 273 Å². The van der Waals surface area contributed by atoms with Crippen LogP contribution in [0, 0.1) is 24.7 Å². The van der Waals surface area contributed by atoms with Crippen LogP contribution in [0.2, 0.25) is 0 Å². The predicted octanol–water partition coefficient (Wildman–Crippen LogP) is 8.57. The summed E-state index contributed by atoms with van der Waals surface area (Å²) in [6.07, 6.45) is -2.15. The van der Waals surface area contributed by atoms with E-state index in [2.05, 4.69) is 9.80 Å². The van der Waals surface area contributed by atoms with Crippen molar-refractivity contribution >= 4 is 17.7 Å². The third kappa shape index (κ3) is 9.75. The van der Waals surface area contributed by atoms with Gasteiger partial charge in [0.05, 0.1) is 16.8 Å². The van der Waals surface area contributed by atoms with Crippen LogP contribution in [0.5, 0.6) is 0 Å². The van der Waals surface area contributed by atoms with Crippen molar-refractivity contribution in [2.24, 2.45) is 0 Å². The summed E-state index contributed by atoms with van der Waals surface area (Å²) in [6, 6.07) is 7.74. The van der Waals surface area contributed by atoms with Crippen LogP contribution in [-0.2, 0) is 29.0 Å². The Kier molecular flexibility index (Phi) is 12.1. The van der Waals surface area contributed by atoms with Gasteiger partial charge < -0.3 is 20.6 Å². The SMILES string of the molecule is Cc1ccc([C@@](CCC=N)(CCN2CCC(N3CCCCC3)CC2)CC(=N)C(=O)Cc2cc(C(F)(F)F)cc(C(F)(F)F)c2)cc1C. The molecule has 1 atom stereocenters. The standard InChI is InChI=1S/C36H46F6N4O/c1-25-7-8-28(19-26(25)2)34(11-6-13-43,12-18-45-16-9-31(10-17-45)46-14-4-3-5-15-46)24-32(44)33(47)22-27-20-29(35(37,38)39)23-30(21-27)36(40,41)42/h7-8,13,19-21,23,31,43-44H,3-6,9-12,14-18,22,24H2,1-2H3/t34-/m0/s1. The molecule has 2 saturated heterocycles. The van der Waals surface area contributed by atoms with Gasteiger partial charge in [-0.05, 0) is 138 Å². The Morgan fingerprint density at radius 2 is 1.45 bits per heavy atom. The molecule has 4 rings (SSSR count). The molecule has 0 amide bonds. The van der Waals surface area contributed by atoms with Gasteiger partial charge in [0.2, 0.25) is 0 Å².